The molecule has 0 atom stereocenters. The fourth-order valence-corrected chi connectivity index (χ4v) is 4.18. The summed E-state index contributed by atoms with van der Waals surface area (Å²) >= 11 is 12.2. The average Bonchev–Trinajstić information content (AvgIpc) is 3.34. The number of rotatable bonds is 6. The second-order valence-corrected chi connectivity index (χ2v) is 9.12. The minimum Gasteiger partial charge on any atom is -0.462 e. The van der Waals surface area contributed by atoms with Crippen LogP contribution >= 0.6 is 50.1 Å². The van der Waals surface area contributed by atoms with Crippen LogP contribution < -0.4 is 5.32 Å². The van der Waals surface area contributed by atoms with Crippen molar-refractivity contribution in [1.82, 2.24) is 9.55 Å². The monoisotopic (exact) mass is 571 g/mol. The van der Waals surface area contributed by atoms with E-state index < -0.39 is 0 Å². The van der Waals surface area contributed by atoms with Gasteiger partial charge in [0, 0.05) is 20.4 Å². The Labute approximate surface area is 189 Å². The molecule has 1 aliphatic rings. The fraction of sp³-hybridized carbons (Fsp3) is 0.200. The van der Waals surface area contributed by atoms with E-state index >= 15 is 0 Å². The highest BCUT2D eigenvalue weighted by molar-refractivity contribution is 14.1. The van der Waals surface area contributed by atoms with Crippen LogP contribution in [0, 0.1) is 9.49 Å². The van der Waals surface area contributed by atoms with E-state index in [2.05, 4.69) is 48.8 Å². The van der Waals surface area contributed by atoms with Gasteiger partial charge in [-0.25, -0.2) is 9.78 Å². The smallest absolute Gasteiger partial charge is 0.340 e. The van der Waals surface area contributed by atoms with Crippen molar-refractivity contribution in [3.63, 3.8) is 0 Å². The summed E-state index contributed by atoms with van der Waals surface area (Å²) < 4.78 is 9.18. The predicted molar refractivity (Wildman–Crippen MR) is 122 cm³/mol. The van der Waals surface area contributed by atoms with Crippen molar-refractivity contribution in [2.75, 3.05) is 11.9 Å². The van der Waals surface area contributed by atoms with E-state index in [0.29, 0.717) is 28.8 Å². The summed E-state index contributed by atoms with van der Waals surface area (Å²) in [6.45, 7) is 0.462. The van der Waals surface area contributed by atoms with Gasteiger partial charge in [-0.3, -0.25) is 0 Å². The largest absolute Gasteiger partial charge is 0.462 e. The number of carbonyl (C=O) groups excluding carboxylic acids is 1. The van der Waals surface area contributed by atoms with E-state index in [1.807, 2.05) is 35.0 Å². The predicted octanol–water partition coefficient (Wildman–Crippen LogP) is 6.20. The van der Waals surface area contributed by atoms with Crippen LogP contribution in [0.2, 0.25) is 5.02 Å². The Balaban J connectivity index is 1.72. The van der Waals surface area contributed by atoms with Gasteiger partial charge in [0.05, 0.1) is 40.6 Å². The van der Waals surface area contributed by atoms with Crippen LogP contribution in [0.1, 0.15) is 23.2 Å². The lowest BCUT2D eigenvalue weighted by Crippen LogP contribution is -2.11. The molecule has 1 fully saturated rings. The van der Waals surface area contributed by atoms with Crippen molar-refractivity contribution in [3.8, 4) is 5.69 Å². The first-order valence-corrected chi connectivity index (χ1v) is 11.0. The Bertz CT molecular complexity index is 1020. The second-order valence-electron chi connectivity index (χ2n) is 6.61. The van der Waals surface area contributed by atoms with Gasteiger partial charge in [0.25, 0.3) is 0 Å². The number of esters is 1. The molecule has 0 saturated heterocycles. The van der Waals surface area contributed by atoms with E-state index in [1.165, 1.54) is 0 Å². The van der Waals surface area contributed by atoms with Gasteiger partial charge in [0.15, 0.2) is 0 Å². The Hall–Kier alpha value is -1.58. The second kappa shape index (κ2) is 8.42. The number of nitrogens with one attached hydrogen (secondary N) is 1. The molecule has 1 aromatic heterocycles. The highest BCUT2D eigenvalue weighted by Gasteiger charge is 2.25. The summed E-state index contributed by atoms with van der Waals surface area (Å²) in [6, 6.07) is 9.37. The minimum absolute atomic E-state index is 0.353. The Kier molecular flexibility index (Phi) is 5.93. The zero-order valence-corrected chi connectivity index (χ0v) is 19.2. The van der Waals surface area contributed by atoms with Crippen molar-refractivity contribution in [3.05, 3.63) is 67.7 Å². The fourth-order valence-electron chi connectivity index (χ4n) is 2.73. The first-order chi connectivity index (χ1) is 13.5. The van der Waals surface area contributed by atoms with E-state index in [-0.39, 0.29) is 5.97 Å². The van der Waals surface area contributed by atoms with E-state index in [0.717, 1.165) is 32.3 Å². The molecular weight excluding hydrogens is 557 g/mol. The van der Waals surface area contributed by atoms with Gasteiger partial charge >= 0.3 is 5.97 Å². The number of nitrogens with zero attached hydrogens (tertiary/aromatic N) is 2. The lowest BCUT2D eigenvalue weighted by atomic mass is 10.1. The Morgan fingerprint density at radius 3 is 2.82 bits per heavy atom. The quantitative estimate of drug-likeness (QED) is 0.282. The van der Waals surface area contributed by atoms with E-state index in [9.17, 15) is 4.79 Å². The molecule has 28 heavy (non-hydrogen) atoms. The van der Waals surface area contributed by atoms with Crippen molar-refractivity contribution < 1.29 is 9.53 Å². The molecule has 0 bridgehead atoms. The van der Waals surface area contributed by atoms with Crippen LogP contribution in [0.25, 0.3) is 5.69 Å². The summed E-state index contributed by atoms with van der Waals surface area (Å²) in [4.78, 5) is 16.8. The number of ether oxygens (including phenoxy) is 1. The molecule has 8 heteroatoms. The van der Waals surface area contributed by atoms with Crippen molar-refractivity contribution in [2.45, 2.75) is 12.8 Å². The topological polar surface area (TPSA) is 56.2 Å². The number of hydrogen-bond acceptors (Lipinski definition) is 4. The molecule has 0 spiro atoms. The molecular formula is C20H16BrClIN3O2. The van der Waals surface area contributed by atoms with Crippen LogP contribution in [0.5, 0.6) is 0 Å². The van der Waals surface area contributed by atoms with Gasteiger partial charge in [-0.15, -0.1) is 0 Å². The summed E-state index contributed by atoms with van der Waals surface area (Å²) in [5.74, 6) is 0.147. The third kappa shape index (κ3) is 4.52. The first-order valence-electron chi connectivity index (χ1n) is 8.72. The van der Waals surface area contributed by atoms with Gasteiger partial charge in [-0.2, -0.15) is 0 Å². The third-order valence-electron chi connectivity index (χ3n) is 4.44. The van der Waals surface area contributed by atoms with Gasteiger partial charge < -0.3 is 14.6 Å². The van der Waals surface area contributed by atoms with Gasteiger partial charge in [-0.05, 0) is 87.6 Å². The van der Waals surface area contributed by atoms with Crippen molar-refractivity contribution in [2.24, 2.45) is 5.92 Å². The maximum absolute atomic E-state index is 12.7. The van der Waals surface area contributed by atoms with Crippen LogP contribution in [0.3, 0.4) is 0 Å². The van der Waals surface area contributed by atoms with Gasteiger partial charge in [0.1, 0.15) is 0 Å². The molecule has 0 aliphatic heterocycles. The molecule has 0 amide bonds. The SMILES string of the molecule is O=C(OCC1CC1)c1cc(Br)c(-n2ccnc2)cc1Nc1ccc(I)cc1Cl. The maximum Gasteiger partial charge on any atom is 0.340 e. The van der Waals surface area contributed by atoms with E-state index in [1.54, 1.807) is 18.6 Å². The highest BCUT2D eigenvalue weighted by atomic mass is 127. The molecule has 1 heterocycles. The zero-order chi connectivity index (χ0) is 19.7. The van der Waals surface area contributed by atoms with Crippen LogP contribution in [0.15, 0.2) is 53.5 Å². The number of benzene rings is 2. The first kappa shape index (κ1) is 19.7. The molecule has 1 N–H and O–H groups in total. The Morgan fingerprint density at radius 1 is 1.32 bits per heavy atom. The molecule has 3 aromatic rings. The molecule has 0 unspecified atom stereocenters. The third-order valence-corrected chi connectivity index (χ3v) is 6.06. The maximum atomic E-state index is 12.7. The van der Waals surface area contributed by atoms with Crippen molar-refractivity contribution in [1.29, 1.82) is 0 Å². The zero-order valence-electron chi connectivity index (χ0n) is 14.7. The standard InChI is InChI=1S/C20H16BrClIN3O2/c21-15-8-14(20(27)28-10-12-1-2-12)18(9-19(15)26-6-5-24-11-26)25-17-4-3-13(23)7-16(17)22/h3-9,11-12,25H,1-2,10H2. The number of anilines is 2. The van der Waals surface area contributed by atoms with E-state index in [4.69, 9.17) is 16.3 Å². The summed E-state index contributed by atoms with van der Waals surface area (Å²) in [7, 11) is 0. The Morgan fingerprint density at radius 2 is 2.14 bits per heavy atom. The number of imidazole rings is 1. The number of hydrogen-bond donors (Lipinski definition) is 1. The van der Waals surface area contributed by atoms with Gasteiger partial charge in [0.2, 0.25) is 0 Å². The molecule has 144 valence electrons. The lowest BCUT2D eigenvalue weighted by molar-refractivity contribution is 0.0487. The number of carbonyl (C=O) groups is 1. The molecule has 5 nitrogen and oxygen atoms in total. The summed E-state index contributed by atoms with van der Waals surface area (Å²) in [5, 5.41) is 3.87. The molecule has 1 saturated carbocycles. The normalized spacial score (nSPS) is 13.4. The molecule has 1 aliphatic carbocycles. The number of halogens is 3. The molecule has 4 rings (SSSR count). The van der Waals surface area contributed by atoms with Crippen LogP contribution in [-0.4, -0.2) is 22.1 Å². The number of aromatic nitrogens is 2. The molecule has 2 aromatic carbocycles. The molecule has 0 radical (unpaired) electrons. The minimum atomic E-state index is -0.353. The highest BCUT2D eigenvalue weighted by Crippen LogP contribution is 2.34. The average molecular weight is 573 g/mol. The summed E-state index contributed by atoms with van der Waals surface area (Å²) in [5.41, 5.74) is 2.64. The van der Waals surface area contributed by atoms with Crippen molar-refractivity contribution >= 4 is 67.5 Å². The van der Waals surface area contributed by atoms with Crippen LogP contribution in [0.4, 0.5) is 11.4 Å². The van der Waals surface area contributed by atoms with Crippen LogP contribution in [-0.2, 0) is 4.74 Å². The van der Waals surface area contributed by atoms with Gasteiger partial charge in [-0.1, -0.05) is 11.6 Å². The summed E-state index contributed by atoms with van der Waals surface area (Å²) in [6.07, 6.45) is 7.49. The lowest BCUT2D eigenvalue weighted by Gasteiger charge is -2.16.